The number of hydrogen-bond donors (Lipinski definition) is 2. The minimum Gasteiger partial charge on any atom is -0.482 e. The Labute approximate surface area is 171 Å². The molecule has 4 N–H and O–H groups in total. The number of benzene rings is 1. The maximum Gasteiger partial charge on any atom is 0.166 e. The summed E-state index contributed by atoms with van der Waals surface area (Å²) in [5, 5.41) is 0.224. The third-order valence-electron chi connectivity index (χ3n) is 4.78. The van der Waals surface area contributed by atoms with Crippen LogP contribution in [0.5, 0.6) is 5.75 Å². The molecule has 1 unspecified atom stereocenters. The van der Waals surface area contributed by atoms with E-state index in [4.69, 9.17) is 43.8 Å². The van der Waals surface area contributed by atoms with E-state index in [1.54, 1.807) is 19.2 Å². The van der Waals surface area contributed by atoms with Crippen LogP contribution < -0.4 is 16.2 Å². The van der Waals surface area contributed by atoms with E-state index in [-0.39, 0.29) is 16.9 Å². The number of furan rings is 1. The molecule has 8 heteroatoms. The fraction of sp³-hybridized carbons (Fsp3) is 0.250. The highest BCUT2D eigenvalue weighted by Crippen LogP contribution is 2.38. The van der Waals surface area contributed by atoms with Crippen molar-refractivity contribution in [2.45, 2.75) is 31.9 Å². The molecule has 0 amide bonds. The Hall–Kier alpha value is -2.28. The second-order valence-corrected chi connectivity index (χ2v) is 7.64. The third-order valence-corrected chi connectivity index (χ3v) is 5.50. The fourth-order valence-electron chi connectivity index (χ4n) is 3.40. The minimum atomic E-state index is -0.644. The smallest absolute Gasteiger partial charge is 0.166 e. The van der Waals surface area contributed by atoms with Gasteiger partial charge in [-0.2, -0.15) is 0 Å². The molecule has 1 aliphatic rings. The number of fused-ring (bicyclic) bond motifs is 1. The number of pyridine rings is 1. The highest BCUT2D eigenvalue weighted by atomic mass is 35.5. The van der Waals surface area contributed by atoms with E-state index >= 15 is 0 Å². The van der Waals surface area contributed by atoms with Gasteiger partial charge in [-0.15, -0.1) is 0 Å². The van der Waals surface area contributed by atoms with Crippen molar-refractivity contribution in [1.82, 2.24) is 4.98 Å². The average Bonchev–Trinajstić information content (AvgIpc) is 3.18. The average molecular weight is 422 g/mol. The topological polar surface area (TPSA) is 87.3 Å². The lowest BCUT2D eigenvalue weighted by molar-refractivity contribution is 0.227. The molecule has 0 aliphatic heterocycles. The Morgan fingerprint density at radius 1 is 1.29 bits per heavy atom. The van der Waals surface area contributed by atoms with Gasteiger partial charge in [-0.25, -0.2) is 9.37 Å². The summed E-state index contributed by atoms with van der Waals surface area (Å²) in [5.41, 5.74) is 14.1. The zero-order valence-corrected chi connectivity index (χ0v) is 16.5. The molecule has 0 saturated heterocycles. The molecule has 1 aliphatic carbocycles. The summed E-state index contributed by atoms with van der Waals surface area (Å²) in [6, 6.07) is 6.44. The van der Waals surface area contributed by atoms with E-state index < -0.39 is 11.9 Å². The second kappa shape index (κ2) is 7.28. The Morgan fingerprint density at radius 2 is 2.07 bits per heavy atom. The van der Waals surface area contributed by atoms with Gasteiger partial charge in [-0.05, 0) is 43.2 Å². The molecule has 0 fully saturated rings. The molecule has 28 heavy (non-hydrogen) atoms. The molecular formula is C20H18Cl2FN3O2. The summed E-state index contributed by atoms with van der Waals surface area (Å²) in [6.45, 7) is 1.71. The van der Waals surface area contributed by atoms with Crippen molar-refractivity contribution in [3.8, 4) is 17.1 Å². The molecule has 3 aromatic rings. The lowest BCUT2D eigenvalue weighted by Crippen LogP contribution is -2.19. The number of nitrogens with two attached hydrogens (primary N) is 2. The van der Waals surface area contributed by atoms with Gasteiger partial charge in [-0.3, -0.25) is 0 Å². The summed E-state index contributed by atoms with van der Waals surface area (Å²) in [4.78, 5) is 4.19. The molecular weight excluding hydrogens is 404 g/mol. The van der Waals surface area contributed by atoms with Crippen LogP contribution in [0.3, 0.4) is 0 Å². The van der Waals surface area contributed by atoms with E-state index in [0.717, 1.165) is 23.3 Å². The third kappa shape index (κ3) is 3.43. The number of hydrogen-bond acceptors (Lipinski definition) is 5. The Kier molecular flexibility index (Phi) is 4.95. The number of rotatable bonds is 4. The lowest BCUT2D eigenvalue weighted by atomic mass is 10.1. The van der Waals surface area contributed by atoms with Crippen molar-refractivity contribution in [2.24, 2.45) is 5.73 Å². The summed E-state index contributed by atoms with van der Waals surface area (Å²) >= 11 is 12.3. The normalized spacial score (nSPS) is 16.8. The van der Waals surface area contributed by atoms with Gasteiger partial charge in [0.05, 0.1) is 5.02 Å². The van der Waals surface area contributed by atoms with Crippen LogP contribution in [0.2, 0.25) is 10.0 Å². The van der Waals surface area contributed by atoms with E-state index in [1.807, 2.05) is 6.07 Å². The zero-order chi connectivity index (χ0) is 20.0. The van der Waals surface area contributed by atoms with Gasteiger partial charge in [0.15, 0.2) is 11.6 Å². The zero-order valence-electron chi connectivity index (χ0n) is 15.0. The predicted molar refractivity (Wildman–Crippen MR) is 107 cm³/mol. The van der Waals surface area contributed by atoms with Crippen LogP contribution in [-0.4, -0.2) is 11.0 Å². The number of halogens is 3. The number of nitrogens with zero attached hydrogens (tertiary/aromatic N) is 1. The van der Waals surface area contributed by atoms with Crippen LogP contribution in [0.4, 0.5) is 10.2 Å². The molecule has 0 bridgehead atoms. The standard InChI is InChI=1S/C20H18Cl2FN3O2/c1-9(18-13(21)2-3-14(23)19(18)22)27-17-6-11(8-26-20(17)25)15-5-10-4-12(24)7-16(10)28-15/h2-3,5-6,8-9,12H,4,7,24H2,1H3,(H2,25,26)/t9-,12?/m1/s1. The van der Waals surface area contributed by atoms with Crippen molar-refractivity contribution in [3.63, 3.8) is 0 Å². The van der Waals surface area contributed by atoms with Crippen LogP contribution in [-0.2, 0) is 12.8 Å². The van der Waals surface area contributed by atoms with Gasteiger partial charge in [-0.1, -0.05) is 23.2 Å². The summed E-state index contributed by atoms with van der Waals surface area (Å²) in [6.07, 6.45) is 2.48. The van der Waals surface area contributed by atoms with Gasteiger partial charge in [0, 0.05) is 34.8 Å². The maximum atomic E-state index is 13.8. The molecule has 0 spiro atoms. The first-order chi connectivity index (χ1) is 13.3. The first kappa shape index (κ1) is 19.1. The minimum absolute atomic E-state index is 0.0820. The summed E-state index contributed by atoms with van der Waals surface area (Å²) in [7, 11) is 0. The van der Waals surface area contributed by atoms with Crippen LogP contribution in [0.1, 0.15) is 29.9 Å². The first-order valence-corrected chi connectivity index (χ1v) is 9.52. The van der Waals surface area contributed by atoms with Crippen LogP contribution in [0, 0.1) is 5.82 Å². The van der Waals surface area contributed by atoms with Crippen LogP contribution in [0.15, 0.2) is 34.9 Å². The van der Waals surface area contributed by atoms with Gasteiger partial charge in [0.25, 0.3) is 0 Å². The fourth-order valence-corrected chi connectivity index (χ4v) is 4.07. The Morgan fingerprint density at radius 3 is 2.82 bits per heavy atom. The van der Waals surface area contributed by atoms with Crippen molar-refractivity contribution < 1.29 is 13.5 Å². The Balaban J connectivity index is 1.63. The van der Waals surface area contributed by atoms with Crippen LogP contribution >= 0.6 is 23.2 Å². The number of nitrogen functional groups attached to an aromatic ring is 1. The first-order valence-electron chi connectivity index (χ1n) is 8.76. The Bertz CT molecular complexity index is 1030. The lowest BCUT2D eigenvalue weighted by Gasteiger charge is -2.19. The SMILES string of the molecule is C[C@@H](Oc1cc(-c2cc3c(o2)CC(N)C3)cnc1N)c1c(Cl)ccc(F)c1Cl. The van der Waals surface area contributed by atoms with Gasteiger partial charge < -0.3 is 20.6 Å². The predicted octanol–water partition coefficient (Wildman–Crippen LogP) is 4.94. The molecule has 1 aromatic carbocycles. The van der Waals surface area contributed by atoms with E-state index in [2.05, 4.69) is 4.98 Å². The number of aromatic nitrogens is 1. The molecule has 0 radical (unpaired) electrons. The molecule has 2 atom stereocenters. The van der Waals surface area contributed by atoms with Gasteiger partial charge >= 0.3 is 0 Å². The van der Waals surface area contributed by atoms with E-state index in [0.29, 0.717) is 28.5 Å². The molecule has 146 valence electrons. The summed E-state index contributed by atoms with van der Waals surface area (Å²) < 4.78 is 25.7. The van der Waals surface area contributed by atoms with E-state index in [1.165, 1.54) is 12.1 Å². The number of anilines is 1. The van der Waals surface area contributed by atoms with Crippen LogP contribution in [0.25, 0.3) is 11.3 Å². The maximum absolute atomic E-state index is 13.8. The number of ether oxygens (including phenoxy) is 1. The van der Waals surface area contributed by atoms with Crippen molar-refractivity contribution in [3.05, 3.63) is 63.2 Å². The monoisotopic (exact) mass is 421 g/mol. The molecule has 0 saturated carbocycles. The largest absolute Gasteiger partial charge is 0.482 e. The molecule has 4 rings (SSSR count). The second-order valence-electron chi connectivity index (χ2n) is 6.85. The van der Waals surface area contributed by atoms with E-state index in [9.17, 15) is 4.39 Å². The molecule has 2 heterocycles. The highest BCUT2D eigenvalue weighted by Gasteiger charge is 2.24. The molecule has 2 aromatic heterocycles. The van der Waals surface area contributed by atoms with Gasteiger partial charge in [0.2, 0.25) is 0 Å². The van der Waals surface area contributed by atoms with Crippen molar-refractivity contribution in [1.29, 1.82) is 0 Å². The quantitative estimate of drug-likeness (QED) is 0.582. The molecule has 5 nitrogen and oxygen atoms in total. The van der Waals surface area contributed by atoms with Gasteiger partial charge in [0.1, 0.15) is 23.4 Å². The van der Waals surface area contributed by atoms with Crippen molar-refractivity contribution >= 4 is 29.0 Å². The highest BCUT2D eigenvalue weighted by molar-refractivity contribution is 6.36. The summed E-state index contributed by atoms with van der Waals surface area (Å²) in [5.74, 6) is 1.52. The van der Waals surface area contributed by atoms with Crippen molar-refractivity contribution in [2.75, 3.05) is 5.73 Å².